The van der Waals surface area contributed by atoms with Crippen LogP contribution in [0.4, 0.5) is 5.69 Å². The second kappa shape index (κ2) is 9.25. The van der Waals surface area contributed by atoms with E-state index < -0.39 is 0 Å². The maximum atomic E-state index is 12.5. The number of halogens is 1. The number of hydrogen-bond donors (Lipinski definition) is 2. The highest BCUT2D eigenvalue weighted by molar-refractivity contribution is 6.03. The van der Waals surface area contributed by atoms with Gasteiger partial charge in [-0.25, -0.2) is 14.6 Å². The Morgan fingerprint density at radius 3 is 2.72 bits per heavy atom. The van der Waals surface area contributed by atoms with Gasteiger partial charge in [-0.05, 0) is 17.7 Å². The first-order chi connectivity index (χ1) is 13.7. The molecule has 0 radical (unpaired) electrons. The van der Waals surface area contributed by atoms with Crippen molar-refractivity contribution in [2.75, 3.05) is 25.0 Å². The van der Waals surface area contributed by atoms with Gasteiger partial charge in [0.05, 0.1) is 36.9 Å². The molecule has 4 rings (SSSR count). The average molecular weight is 412 g/mol. The molecule has 1 fully saturated rings. The van der Waals surface area contributed by atoms with Crippen LogP contribution >= 0.6 is 12.4 Å². The van der Waals surface area contributed by atoms with Crippen LogP contribution in [0, 0.1) is 11.3 Å². The molecule has 1 atom stereocenters. The molecule has 2 aromatic heterocycles. The fourth-order valence-corrected chi connectivity index (χ4v) is 2.83. The first kappa shape index (κ1) is 20.4. The molecule has 1 saturated heterocycles. The summed E-state index contributed by atoms with van der Waals surface area (Å²) in [5, 5.41) is 19.0. The van der Waals surface area contributed by atoms with Crippen molar-refractivity contribution in [2.45, 2.75) is 6.10 Å². The van der Waals surface area contributed by atoms with Crippen LogP contribution in [-0.4, -0.2) is 45.4 Å². The summed E-state index contributed by atoms with van der Waals surface area (Å²) in [5.74, 6) is 0.139. The number of nitriles is 1. The Bertz CT molecular complexity index is 1010. The molecule has 29 heavy (non-hydrogen) atoms. The summed E-state index contributed by atoms with van der Waals surface area (Å²) < 4.78 is 7.15. The van der Waals surface area contributed by atoms with Gasteiger partial charge >= 0.3 is 0 Å². The lowest BCUT2D eigenvalue weighted by atomic mass is 10.1. The van der Waals surface area contributed by atoms with Crippen molar-refractivity contribution in [2.24, 2.45) is 0 Å². The number of aromatic nitrogens is 4. The zero-order chi connectivity index (χ0) is 19.3. The first-order valence-electron chi connectivity index (χ1n) is 8.74. The summed E-state index contributed by atoms with van der Waals surface area (Å²) in [5.41, 5.74) is 2.35. The lowest BCUT2D eigenvalue weighted by Crippen LogP contribution is -2.33. The van der Waals surface area contributed by atoms with Crippen molar-refractivity contribution in [3.63, 3.8) is 0 Å². The summed E-state index contributed by atoms with van der Waals surface area (Å²) in [6, 6.07) is 9.50. The van der Waals surface area contributed by atoms with E-state index in [1.165, 1.54) is 23.3 Å². The van der Waals surface area contributed by atoms with Crippen LogP contribution in [0.15, 0.2) is 49.1 Å². The van der Waals surface area contributed by atoms with E-state index in [0.29, 0.717) is 23.7 Å². The minimum Gasteiger partial charge on any atom is -0.371 e. The molecule has 0 unspecified atom stereocenters. The van der Waals surface area contributed by atoms with Crippen molar-refractivity contribution >= 4 is 24.0 Å². The van der Waals surface area contributed by atoms with Crippen LogP contribution in [0.1, 0.15) is 27.7 Å². The highest BCUT2D eigenvalue weighted by atomic mass is 35.5. The molecule has 1 aromatic carbocycles. The minimum absolute atomic E-state index is 0. The molecule has 0 spiro atoms. The standard InChI is InChI=1S/C19H17N7O2.ClH/c20-7-16-9-23-18(11-22-16)26-12-14(8-24-26)19(27)25-15-3-1-13(2-4-15)17-10-21-5-6-28-17;/h1-4,8-9,11-12,17,21H,5-6,10H2,(H,25,27);1H/t17-;/m1./s1. The molecule has 148 valence electrons. The van der Waals surface area contributed by atoms with E-state index >= 15 is 0 Å². The van der Waals surface area contributed by atoms with Gasteiger partial charge in [-0.3, -0.25) is 4.79 Å². The molecule has 0 aliphatic carbocycles. The van der Waals surface area contributed by atoms with Crippen LogP contribution in [0.2, 0.25) is 0 Å². The quantitative estimate of drug-likeness (QED) is 0.672. The Balaban J connectivity index is 0.00000240. The summed E-state index contributed by atoms with van der Waals surface area (Å²) in [4.78, 5) is 20.5. The summed E-state index contributed by atoms with van der Waals surface area (Å²) in [6.07, 6.45) is 5.81. The van der Waals surface area contributed by atoms with Crippen molar-refractivity contribution in [1.29, 1.82) is 5.26 Å². The average Bonchev–Trinajstić information content (AvgIpc) is 3.25. The highest BCUT2D eigenvalue weighted by Gasteiger charge is 2.16. The maximum absolute atomic E-state index is 12.5. The number of nitrogens with one attached hydrogen (secondary N) is 2. The second-order valence-electron chi connectivity index (χ2n) is 6.18. The number of amides is 1. The maximum Gasteiger partial charge on any atom is 0.258 e. The molecule has 1 aliphatic heterocycles. The van der Waals surface area contributed by atoms with Gasteiger partial charge in [0.1, 0.15) is 6.07 Å². The van der Waals surface area contributed by atoms with Crippen molar-refractivity contribution in [3.8, 4) is 11.9 Å². The molecule has 3 heterocycles. The zero-order valence-electron chi connectivity index (χ0n) is 15.3. The number of hydrogen-bond acceptors (Lipinski definition) is 7. The summed E-state index contributed by atoms with van der Waals surface area (Å²) in [7, 11) is 0. The zero-order valence-corrected chi connectivity index (χ0v) is 16.1. The number of nitrogens with zero attached hydrogens (tertiary/aromatic N) is 5. The Morgan fingerprint density at radius 2 is 2.07 bits per heavy atom. The molecule has 10 heteroatoms. The number of rotatable bonds is 4. The fraction of sp³-hybridized carbons (Fsp3) is 0.211. The molecule has 3 aromatic rings. The largest absolute Gasteiger partial charge is 0.371 e. The number of benzene rings is 1. The highest BCUT2D eigenvalue weighted by Crippen LogP contribution is 2.21. The summed E-state index contributed by atoms with van der Waals surface area (Å²) >= 11 is 0. The minimum atomic E-state index is -0.281. The normalized spacial score (nSPS) is 15.8. The van der Waals surface area contributed by atoms with Gasteiger partial charge in [-0.1, -0.05) is 12.1 Å². The Morgan fingerprint density at radius 1 is 1.24 bits per heavy atom. The second-order valence-corrected chi connectivity index (χ2v) is 6.18. The Hall–Kier alpha value is -3.32. The third-order valence-corrected chi connectivity index (χ3v) is 4.30. The van der Waals surface area contributed by atoms with E-state index in [-0.39, 0.29) is 30.1 Å². The number of anilines is 1. The SMILES string of the molecule is Cl.N#Cc1cnc(-n2cc(C(=O)Nc3ccc([C@H]4CNCCO4)cc3)cn2)cn1. The van der Waals surface area contributed by atoms with Crippen LogP contribution in [0.5, 0.6) is 0 Å². The Kier molecular flexibility index (Phi) is 6.51. The molecule has 1 amide bonds. The monoisotopic (exact) mass is 411 g/mol. The third-order valence-electron chi connectivity index (χ3n) is 4.30. The number of ether oxygens (including phenoxy) is 1. The fourth-order valence-electron chi connectivity index (χ4n) is 2.83. The number of carbonyl (C=O) groups excluding carboxylic acids is 1. The van der Waals surface area contributed by atoms with Crippen LogP contribution in [0.25, 0.3) is 5.82 Å². The smallest absolute Gasteiger partial charge is 0.258 e. The van der Waals surface area contributed by atoms with Gasteiger partial charge in [-0.15, -0.1) is 12.4 Å². The number of morpholine rings is 1. The van der Waals surface area contributed by atoms with Gasteiger partial charge < -0.3 is 15.4 Å². The molecule has 0 bridgehead atoms. The molecule has 1 aliphatic rings. The van der Waals surface area contributed by atoms with E-state index in [0.717, 1.165) is 18.7 Å². The van der Waals surface area contributed by atoms with Crippen LogP contribution in [0.3, 0.4) is 0 Å². The van der Waals surface area contributed by atoms with Crippen LogP contribution in [-0.2, 0) is 4.74 Å². The van der Waals surface area contributed by atoms with Gasteiger partial charge in [0.25, 0.3) is 5.91 Å². The Labute approximate surface area is 173 Å². The van der Waals surface area contributed by atoms with E-state index in [4.69, 9.17) is 10.00 Å². The van der Waals surface area contributed by atoms with E-state index in [2.05, 4.69) is 25.7 Å². The molecular weight excluding hydrogens is 394 g/mol. The van der Waals surface area contributed by atoms with Gasteiger partial charge in [-0.2, -0.15) is 10.4 Å². The van der Waals surface area contributed by atoms with Crippen molar-refractivity contribution in [3.05, 3.63) is 65.9 Å². The van der Waals surface area contributed by atoms with Crippen molar-refractivity contribution in [1.82, 2.24) is 25.1 Å². The van der Waals surface area contributed by atoms with E-state index in [9.17, 15) is 4.79 Å². The molecule has 2 N–H and O–H groups in total. The number of carbonyl (C=O) groups is 1. The lowest BCUT2D eigenvalue weighted by molar-refractivity contribution is 0.0277. The van der Waals surface area contributed by atoms with Gasteiger partial charge in [0, 0.05) is 25.0 Å². The topological polar surface area (TPSA) is 118 Å². The van der Waals surface area contributed by atoms with E-state index in [1.807, 2.05) is 30.3 Å². The van der Waals surface area contributed by atoms with Crippen molar-refractivity contribution < 1.29 is 9.53 Å². The third kappa shape index (κ3) is 4.75. The van der Waals surface area contributed by atoms with Gasteiger partial charge in [0.15, 0.2) is 11.5 Å². The lowest BCUT2D eigenvalue weighted by Gasteiger charge is -2.24. The molecular formula is C19H18ClN7O2. The van der Waals surface area contributed by atoms with E-state index in [1.54, 1.807) is 6.20 Å². The first-order valence-corrected chi connectivity index (χ1v) is 8.74. The molecule has 0 saturated carbocycles. The summed E-state index contributed by atoms with van der Waals surface area (Å²) in [6.45, 7) is 2.34. The predicted octanol–water partition coefficient (Wildman–Crippen LogP) is 1.87. The predicted molar refractivity (Wildman–Crippen MR) is 107 cm³/mol. The van der Waals surface area contributed by atoms with Crippen LogP contribution < -0.4 is 10.6 Å². The molecule has 9 nitrogen and oxygen atoms in total. The van der Waals surface area contributed by atoms with Gasteiger partial charge in [0.2, 0.25) is 0 Å².